The Balaban J connectivity index is 4.66. The quantitative estimate of drug-likeness (QED) is 0.0202. The van der Waals surface area contributed by atoms with Crippen molar-refractivity contribution in [1.29, 1.82) is 0 Å². The molecule has 3 unspecified atom stereocenters. The van der Waals surface area contributed by atoms with Crippen LogP contribution in [0, 0.1) is 0 Å². The van der Waals surface area contributed by atoms with Crippen molar-refractivity contribution in [3.63, 3.8) is 0 Å². The minimum absolute atomic E-state index is 0.0127. The van der Waals surface area contributed by atoms with Gasteiger partial charge in [0.05, 0.1) is 6.61 Å². The molecule has 3 atom stereocenters. The highest BCUT2D eigenvalue weighted by Gasteiger charge is 2.21. The molecule has 1 N–H and O–H groups in total. The third-order valence-corrected chi connectivity index (χ3v) is 19.9. The minimum Gasteiger partial charge on any atom is -0.462 e. The lowest BCUT2D eigenvalue weighted by atomic mass is 10.0. The van der Waals surface area contributed by atoms with Crippen LogP contribution in [0.2, 0.25) is 0 Å². The van der Waals surface area contributed by atoms with Crippen molar-refractivity contribution in [2.75, 3.05) is 91.2 Å². The number of hydrogen-bond acceptors (Lipinski definition) is 14. The summed E-state index contributed by atoms with van der Waals surface area (Å²) < 4.78 is 23.4. The second kappa shape index (κ2) is 71.2. The lowest BCUT2D eigenvalue weighted by Crippen LogP contribution is -2.32. The summed E-state index contributed by atoms with van der Waals surface area (Å²) in [5, 5.41) is 10.7. The predicted octanol–water partition coefficient (Wildman–Crippen LogP) is 21.4. The molecule has 0 aromatic heterocycles. The first kappa shape index (κ1) is 92.4. The van der Waals surface area contributed by atoms with Gasteiger partial charge in [-0.2, -0.15) is 0 Å². The van der Waals surface area contributed by atoms with Crippen molar-refractivity contribution in [2.24, 2.45) is 0 Å². The number of carbonyl (C=O) groups excluding carboxylic acids is 5. The van der Waals surface area contributed by atoms with Crippen molar-refractivity contribution in [3.8, 4) is 0 Å². The van der Waals surface area contributed by atoms with Crippen LogP contribution in [0.15, 0.2) is 24.3 Å². The van der Waals surface area contributed by atoms with E-state index in [-0.39, 0.29) is 60.0 Å². The molecule has 0 aromatic rings. The van der Waals surface area contributed by atoms with Crippen LogP contribution >= 0.6 is 23.5 Å². The van der Waals surface area contributed by atoms with E-state index in [2.05, 4.69) is 63.5 Å². The Kier molecular flexibility index (Phi) is 69.2. The molecule has 0 fully saturated rings. The van der Waals surface area contributed by atoms with Gasteiger partial charge in [-0.15, -0.1) is 0 Å². The zero-order valence-electron chi connectivity index (χ0n) is 63.0. The molecule has 16 heteroatoms. The van der Waals surface area contributed by atoms with Crippen molar-refractivity contribution < 1.29 is 48.0 Å². The van der Waals surface area contributed by atoms with Gasteiger partial charge in [-0.3, -0.25) is 24.0 Å². The number of carbonyl (C=O) groups is 5. The second-order valence-electron chi connectivity index (χ2n) is 27.1. The number of hydrogen-bond donors (Lipinski definition) is 1. The maximum atomic E-state index is 13.5. The Bertz CT molecular complexity index is 1810. The summed E-state index contributed by atoms with van der Waals surface area (Å²) in [6.45, 7) is 19.6. The van der Waals surface area contributed by atoms with Gasteiger partial charge in [0, 0.05) is 63.5 Å². The van der Waals surface area contributed by atoms with Crippen LogP contribution in [0.25, 0.3) is 0 Å². The van der Waals surface area contributed by atoms with E-state index in [1.807, 2.05) is 36.0 Å². The lowest BCUT2D eigenvalue weighted by molar-refractivity contribution is -0.151. The zero-order valence-corrected chi connectivity index (χ0v) is 64.6. The Morgan fingerprint density at radius 1 is 0.368 bits per heavy atom. The second-order valence-corrected chi connectivity index (χ2v) is 29.2. The van der Waals surface area contributed by atoms with Crippen molar-refractivity contribution in [3.05, 3.63) is 24.3 Å². The van der Waals surface area contributed by atoms with E-state index in [4.69, 9.17) is 18.9 Å². The summed E-state index contributed by atoms with van der Waals surface area (Å²) in [6, 6.07) is 0. The van der Waals surface area contributed by atoms with Gasteiger partial charge in [-0.1, -0.05) is 256 Å². The number of aliphatic hydroxyl groups is 1. The molecule has 0 aliphatic heterocycles. The number of nitrogens with zero attached hydrogens (tertiary/aromatic N) is 4. The molecule has 2 amide bonds. The molecular weight excluding hydrogens is 1230 g/mol. The molecule has 0 saturated carbocycles. The first-order valence-electron chi connectivity index (χ1n) is 39.7. The van der Waals surface area contributed by atoms with Gasteiger partial charge in [0.1, 0.15) is 18.8 Å². The fraction of sp³-hybridized carbons (Fsp3) is 0.886. The lowest BCUT2D eigenvalue weighted by Gasteiger charge is -2.23. The van der Waals surface area contributed by atoms with Crippen LogP contribution in [0.4, 0.5) is 9.59 Å². The van der Waals surface area contributed by atoms with Gasteiger partial charge in [-0.05, 0) is 149 Å². The van der Waals surface area contributed by atoms with Crippen LogP contribution in [-0.4, -0.2) is 163 Å². The van der Waals surface area contributed by atoms with E-state index in [1.54, 1.807) is 0 Å². The Morgan fingerprint density at radius 2 is 0.726 bits per heavy atom. The summed E-state index contributed by atoms with van der Waals surface area (Å²) >= 11 is 2.67. The van der Waals surface area contributed by atoms with Crippen LogP contribution < -0.4 is 0 Å². The summed E-state index contributed by atoms with van der Waals surface area (Å²) in [7, 11) is 4.01. The van der Waals surface area contributed by atoms with Crippen LogP contribution in [0.5, 0.6) is 0 Å². The Morgan fingerprint density at radius 3 is 1.14 bits per heavy atom. The maximum absolute atomic E-state index is 13.5. The molecule has 0 radical (unpaired) electrons. The van der Waals surface area contributed by atoms with E-state index in [0.29, 0.717) is 77.1 Å². The van der Waals surface area contributed by atoms with Gasteiger partial charge in [0.2, 0.25) is 0 Å². The molecule has 0 saturated heterocycles. The SMILES string of the molecule is CCCCCC/C=C\COC(=O)CCCN(CCCC(=O)OC(CCCCCCC)CCCCCCCCCCCCCC/C=C\COC(O)CCCN(CCCC(=O)OC(CCCCCCC)CCCCCCCC)C(=O)SCCN(C)C)C(=O)SCCCN(CC)CC. The number of ether oxygens (including phenoxy) is 4. The first-order chi connectivity index (χ1) is 46.3. The molecule has 0 aliphatic carbocycles. The van der Waals surface area contributed by atoms with Crippen LogP contribution in [0.1, 0.15) is 343 Å². The predicted molar refractivity (Wildman–Crippen MR) is 406 cm³/mol. The topological polar surface area (TPSA) is 155 Å². The third-order valence-electron chi connectivity index (χ3n) is 18.0. The Labute approximate surface area is 593 Å². The van der Waals surface area contributed by atoms with Crippen LogP contribution in [-0.2, 0) is 33.3 Å². The Hall–Kier alpha value is -2.63. The monoisotopic (exact) mass is 1380 g/mol. The summed E-state index contributed by atoms with van der Waals surface area (Å²) in [6.07, 6.45) is 56.4. The highest BCUT2D eigenvalue weighted by atomic mass is 32.2. The van der Waals surface area contributed by atoms with Crippen LogP contribution in [0.3, 0.4) is 0 Å². The molecule has 0 bridgehead atoms. The number of amides is 2. The van der Waals surface area contributed by atoms with E-state index < -0.39 is 6.29 Å². The molecule has 0 heterocycles. The molecule has 558 valence electrons. The summed E-state index contributed by atoms with van der Waals surface area (Å²) in [5.74, 6) is 0.887. The molecule has 0 aliphatic rings. The van der Waals surface area contributed by atoms with Gasteiger partial charge in [0.25, 0.3) is 10.5 Å². The normalized spacial score (nSPS) is 12.7. The average Bonchev–Trinajstić information content (AvgIpc) is 2.12. The molecule has 0 aromatic carbocycles. The van der Waals surface area contributed by atoms with E-state index >= 15 is 0 Å². The number of thioether (sulfide) groups is 2. The third kappa shape index (κ3) is 63.3. The number of allylic oxidation sites excluding steroid dienone is 2. The fourth-order valence-corrected chi connectivity index (χ4v) is 13.6. The summed E-state index contributed by atoms with van der Waals surface area (Å²) in [4.78, 5) is 73.9. The van der Waals surface area contributed by atoms with Crippen molar-refractivity contribution >= 4 is 51.9 Å². The van der Waals surface area contributed by atoms with Gasteiger partial charge >= 0.3 is 17.9 Å². The molecule has 0 spiro atoms. The minimum atomic E-state index is -0.889. The number of unbranched alkanes of at least 4 members (excludes halogenated alkanes) is 29. The van der Waals surface area contributed by atoms with Crippen molar-refractivity contribution in [1.82, 2.24) is 19.6 Å². The standard InChI is InChI=1S/C79H150N4O10S2/c1-9-15-19-23-35-41-47-68-90-74(84)58-49-63-82(78(88)94-70-53-62-81(13-5)14-6)65-51-60-76(86)93-73(55-44-38-22-18-12-4)57-46-40-34-32-30-28-26-25-27-29-31-33-36-42-48-69-91-75(85)59-50-64-83(79(89)95-71-67-80(7)8)66-52-61-77(87)92-72(54-43-37-21-17-11-3)56-45-39-24-20-16-10-2/h41-42,47-48,72-73,75,85H,9-40,43-46,49-71H2,1-8H3/b47-41-,48-42-. The number of esters is 3. The molecule has 14 nitrogen and oxygen atoms in total. The van der Waals surface area contributed by atoms with Crippen molar-refractivity contribution in [2.45, 2.75) is 362 Å². The van der Waals surface area contributed by atoms with Gasteiger partial charge < -0.3 is 43.7 Å². The summed E-state index contributed by atoms with van der Waals surface area (Å²) in [5.41, 5.74) is 0. The highest BCUT2D eigenvalue weighted by molar-refractivity contribution is 8.13. The number of rotatable bonds is 71. The van der Waals surface area contributed by atoms with Gasteiger partial charge in [-0.25, -0.2) is 0 Å². The molecule has 0 rings (SSSR count). The average molecular weight is 1380 g/mol. The number of aliphatic hydroxyl groups excluding tert-OH is 1. The molecular formula is C79H150N4O10S2. The fourth-order valence-electron chi connectivity index (χ4n) is 11.8. The van der Waals surface area contributed by atoms with E-state index in [0.717, 1.165) is 115 Å². The highest BCUT2D eigenvalue weighted by Crippen LogP contribution is 2.22. The zero-order chi connectivity index (χ0) is 69.7. The van der Waals surface area contributed by atoms with E-state index in [1.165, 1.54) is 190 Å². The van der Waals surface area contributed by atoms with E-state index in [9.17, 15) is 29.1 Å². The largest absolute Gasteiger partial charge is 0.462 e. The van der Waals surface area contributed by atoms with Gasteiger partial charge in [0.15, 0.2) is 6.29 Å². The maximum Gasteiger partial charge on any atom is 0.306 e. The smallest absolute Gasteiger partial charge is 0.306 e. The first-order valence-corrected chi connectivity index (χ1v) is 41.6. The molecule has 95 heavy (non-hydrogen) atoms.